The minimum absolute atomic E-state index is 0. The smallest absolute Gasteiger partial charge is 0.295 e. The Morgan fingerprint density at radius 2 is 1.94 bits per heavy atom. The number of nitrogens with zero attached hydrogens (tertiary/aromatic N) is 3. The van der Waals surface area contributed by atoms with Gasteiger partial charge in [0, 0.05) is 22.9 Å². The van der Waals surface area contributed by atoms with Gasteiger partial charge in [0.1, 0.15) is 0 Å². The van der Waals surface area contributed by atoms with Crippen LogP contribution in [-0.4, -0.2) is 49.1 Å². The molecule has 9 heteroatoms. The minimum atomic E-state index is -0.205. The van der Waals surface area contributed by atoms with Crippen LogP contribution in [0.4, 0.5) is 5.13 Å². The summed E-state index contributed by atoms with van der Waals surface area (Å²) in [7, 11) is 1.59. The second kappa shape index (κ2) is 10.7. The van der Waals surface area contributed by atoms with Crippen LogP contribution in [0.5, 0.6) is 5.75 Å². The fourth-order valence-electron chi connectivity index (χ4n) is 3.50. The molecule has 0 saturated heterocycles. The Labute approximate surface area is 205 Å². The number of likely N-dealkylation sites (N-methyl/N-ethyl adjacent to an activating group) is 1. The van der Waals surface area contributed by atoms with Gasteiger partial charge in [-0.05, 0) is 43.4 Å². The summed E-state index contributed by atoms with van der Waals surface area (Å²) in [6.45, 7) is 7.37. The molecule has 170 valence electrons. The highest BCUT2D eigenvalue weighted by Crippen LogP contribution is 2.33. The lowest BCUT2D eigenvalue weighted by atomic mass is 10.2. The first-order valence-electron chi connectivity index (χ1n) is 10.2. The number of thiazole rings is 1. The second-order valence-electron chi connectivity index (χ2n) is 7.08. The molecule has 4 aromatic rings. The molecule has 0 aliphatic rings. The number of amides is 1. The Hall–Kier alpha value is -2.13. The van der Waals surface area contributed by atoms with Gasteiger partial charge in [0.05, 0.1) is 17.3 Å². The highest BCUT2D eigenvalue weighted by atomic mass is 79.9. The van der Waals surface area contributed by atoms with Crippen LogP contribution < -0.4 is 9.64 Å². The Morgan fingerprint density at radius 3 is 2.66 bits per heavy atom. The number of furan rings is 1. The number of carbonyl (C=O) groups is 1. The normalized spacial score (nSPS) is 11.2. The van der Waals surface area contributed by atoms with Crippen molar-refractivity contribution in [2.75, 3.05) is 38.2 Å². The van der Waals surface area contributed by atoms with E-state index in [1.54, 1.807) is 18.1 Å². The summed E-state index contributed by atoms with van der Waals surface area (Å²) in [5.74, 6) is 0.680. The third-order valence-corrected chi connectivity index (χ3v) is 6.82. The maximum absolute atomic E-state index is 13.6. The molecule has 0 atom stereocenters. The first-order valence-corrected chi connectivity index (χ1v) is 11.8. The number of para-hydroxylation sites is 1. The number of carbonyl (C=O) groups excluding carboxylic acids is 1. The maximum Gasteiger partial charge on any atom is 0.295 e. The van der Waals surface area contributed by atoms with Crippen LogP contribution in [0, 0.1) is 0 Å². The molecule has 2 heterocycles. The first-order chi connectivity index (χ1) is 15.0. The second-order valence-corrected chi connectivity index (χ2v) is 9.01. The van der Waals surface area contributed by atoms with Crippen molar-refractivity contribution in [1.82, 2.24) is 9.88 Å². The van der Waals surface area contributed by atoms with Gasteiger partial charge in [-0.3, -0.25) is 9.69 Å². The molecule has 0 spiro atoms. The van der Waals surface area contributed by atoms with Gasteiger partial charge >= 0.3 is 0 Å². The maximum atomic E-state index is 13.6. The lowest BCUT2D eigenvalue weighted by Crippen LogP contribution is -2.38. The number of rotatable bonds is 8. The van der Waals surface area contributed by atoms with E-state index >= 15 is 0 Å². The number of hydrogen-bond donors (Lipinski definition) is 0. The van der Waals surface area contributed by atoms with Crippen molar-refractivity contribution in [3.63, 3.8) is 0 Å². The third kappa shape index (κ3) is 4.93. The molecule has 0 bridgehead atoms. The number of aromatic nitrogens is 1. The fourth-order valence-corrected chi connectivity index (χ4v) is 5.04. The van der Waals surface area contributed by atoms with E-state index in [2.05, 4.69) is 34.7 Å². The van der Waals surface area contributed by atoms with Crippen molar-refractivity contribution in [2.24, 2.45) is 0 Å². The van der Waals surface area contributed by atoms with Gasteiger partial charge < -0.3 is 14.1 Å². The van der Waals surface area contributed by atoms with Crippen LogP contribution in [-0.2, 0) is 0 Å². The molecule has 0 aliphatic carbocycles. The fraction of sp³-hybridized carbons (Fsp3) is 0.304. The largest absolute Gasteiger partial charge is 0.493 e. The van der Waals surface area contributed by atoms with E-state index in [0.29, 0.717) is 23.0 Å². The number of fused-ring (bicyclic) bond motifs is 2. The predicted octanol–water partition coefficient (Wildman–Crippen LogP) is 6.22. The number of ether oxygens (including phenoxy) is 1. The molecule has 0 N–H and O–H groups in total. The molecular formula is C23H25BrClN3O3S. The topological polar surface area (TPSA) is 58.8 Å². The number of benzene rings is 2. The number of halogens is 2. The van der Waals surface area contributed by atoms with E-state index < -0.39 is 0 Å². The zero-order valence-electron chi connectivity index (χ0n) is 18.1. The van der Waals surface area contributed by atoms with Crippen LogP contribution in [0.1, 0.15) is 24.4 Å². The van der Waals surface area contributed by atoms with Crippen LogP contribution in [0.25, 0.3) is 21.2 Å². The standard InChI is InChI=1S/C23H24BrN3O3S.ClH/c1-4-26(5-2)11-12-27(23-25-17-10-9-16(24)14-20(17)31-23)22(28)19-13-15-7-6-8-18(29-3)21(15)30-19;/h6-10,13-14H,4-5,11-12H2,1-3H3;1H. The van der Waals surface area contributed by atoms with Crippen molar-refractivity contribution >= 4 is 71.9 Å². The van der Waals surface area contributed by atoms with Gasteiger partial charge in [0.15, 0.2) is 22.2 Å². The quantitative estimate of drug-likeness (QED) is 0.266. The van der Waals surface area contributed by atoms with Gasteiger partial charge in [0.2, 0.25) is 0 Å². The van der Waals surface area contributed by atoms with Gasteiger partial charge in [-0.15, -0.1) is 12.4 Å². The summed E-state index contributed by atoms with van der Waals surface area (Å²) in [6, 6.07) is 13.3. The average molecular weight is 539 g/mol. The van der Waals surface area contributed by atoms with Crippen molar-refractivity contribution in [3.05, 3.63) is 52.7 Å². The SMILES string of the molecule is CCN(CC)CCN(C(=O)c1cc2cccc(OC)c2o1)c1nc2ccc(Br)cc2s1.Cl. The predicted molar refractivity (Wildman–Crippen MR) is 137 cm³/mol. The number of hydrogen-bond acceptors (Lipinski definition) is 6. The molecule has 1 amide bonds. The molecule has 2 aromatic carbocycles. The van der Waals surface area contributed by atoms with Gasteiger partial charge in [0.25, 0.3) is 5.91 Å². The summed E-state index contributed by atoms with van der Waals surface area (Å²) >= 11 is 5.01. The van der Waals surface area contributed by atoms with Crippen molar-refractivity contribution in [3.8, 4) is 5.75 Å². The van der Waals surface area contributed by atoms with Gasteiger partial charge in [-0.25, -0.2) is 4.98 Å². The zero-order valence-corrected chi connectivity index (χ0v) is 21.3. The summed E-state index contributed by atoms with van der Waals surface area (Å²) in [6.07, 6.45) is 0. The van der Waals surface area contributed by atoms with Crippen LogP contribution in [0.3, 0.4) is 0 Å². The molecule has 0 saturated carbocycles. The van der Waals surface area contributed by atoms with E-state index in [4.69, 9.17) is 14.1 Å². The molecular weight excluding hydrogens is 514 g/mol. The summed E-state index contributed by atoms with van der Waals surface area (Å²) in [4.78, 5) is 22.3. The molecule has 6 nitrogen and oxygen atoms in total. The first kappa shape index (κ1) is 24.5. The monoisotopic (exact) mass is 537 g/mol. The average Bonchev–Trinajstić information content (AvgIpc) is 3.40. The molecule has 32 heavy (non-hydrogen) atoms. The van der Waals surface area contributed by atoms with E-state index in [-0.39, 0.29) is 24.1 Å². The van der Waals surface area contributed by atoms with E-state index in [1.807, 2.05) is 36.4 Å². The van der Waals surface area contributed by atoms with Crippen LogP contribution in [0.15, 0.2) is 51.4 Å². The van der Waals surface area contributed by atoms with Crippen molar-refractivity contribution < 1.29 is 13.9 Å². The summed E-state index contributed by atoms with van der Waals surface area (Å²) < 4.78 is 13.3. The third-order valence-electron chi connectivity index (χ3n) is 5.29. The van der Waals surface area contributed by atoms with E-state index in [1.165, 1.54) is 11.3 Å². The van der Waals surface area contributed by atoms with Crippen molar-refractivity contribution in [1.29, 1.82) is 0 Å². The molecule has 4 rings (SSSR count). The van der Waals surface area contributed by atoms with Crippen LogP contribution >= 0.6 is 39.7 Å². The molecule has 0 fully saturated rings. The Kier molecular flexibility index (Phi) is 8.16. The lowest BCUT2D eigenvalue weighted by molar-refractivity contribution is 0.0959. The Bertz CT molecular complexity index is 1220. The lowest BCUT2D eigenvalue weighted by Gasteiger charge is -2.24. The van der Waals surface area contributed by atoms with Crippen molar-refractivity contribution in [2.45, 2.75) is 13.8 Å². The highest BCUT2D eigenvalue weighted by molar-refractivity contribution is 9.10. The Morgan fingerprint density at radius 1 is 1.16 bits per heavy atom. The zero-order chi connectivity index (χ0) is 22.0. The van der Waals surface area contributed by atoms with Crippen LogP contribution in [0.2, 0.25) is 0 Å². The molecule has 0 aliphatic heterocycles. The minimum Gasteiger partial charge on any atom is -0.493 e. The summed E-state index contributed by atoms with van der Waals surface area (Å²) in [5.41, 5.74) is 1.44. The van der Waals surface area contributed by atoms with Gasteiger partial charge in [-0.1, -0.05) is 53.2 Å². The van der Waals surface area contributed by atoms with E-state index in [0.717, 1.165) is 39.7 Å². The highest BCUT2D eigenvalue weighted by Gasteiger charge is 2.25. The number of anilines is 1. The molecule has 2 aromatic heterocycles. The number of methoxy groups -OCH3 is 1. The molecule has 0 unspecified atom stereocenters. The molecule has 0 radical (unpaired) electrons. The van der Waals surface area contributed by atoms with E-state index in [9.17, 15) is 4.79 Å². The Balaban J connectivity index is 0.00000289. The summed E-state index contributed by atoms with van der Waals surface area (Å²) in [5, 5.41) is 1.50. The van der Waals surface area contributed by atoms with Gasteiger partial charge in [-0.2, -0.15) is 0 Å².